The molecule has 1 aliphatic heterocycles. The molecule has 3 saturated carbocycles. The summed E-state index contributed by atoms with van der Waals surface area (Å²) in [7, 11) is 0. The lowest BCUT2D eigenvalue weighted by atomic mass is 10.0. The molecular formula is C23H29F2N5O2. The van der Waals surface area contributed by atoms with Crippen LogP contribution in [0.15, 0.2) is 18.3 Å². The van der Waals surface area contributed by atoms with Crippen LogP contribution in [0.5, 0.6) is 5.75 Å². The summed E-state index contributed by atoms with van der Waals surface area (Å²) in [6.07, 6.45) is 6.51. The number of fused-ring (bicyclic) bond motifs is 1. The van der Waals surface area contributed by atoms with Crippen molar-refractivity contribution in [3.63, 3.8) is 0 Å². The predicted molar refractivity (Wildman–Crippen MR) is 114 cm³/mol. The molecule has 6 rings (SSSR count). The van der Waals surface area contributed by atoms with E-state index in [-0.39, 0.29) is 11.6 Å². The van der Waals surface area contributed by atoms with Crippen LogP contribution in [-0.4, -0.2) is 58.6 Å². The Balaban J connectivity index is 1.23. The Bertz CT molecular complexity index is 977. The van der Waals surface area contributed by atoms with E-state index in [0.29, 0.717) is 35.3 Å². The number of ether oxygens (including phenoxy) is 2. The van der Waals surface area contributed by atoms with Crippen molar-refractivity contribution >= 4 is 5.82 Å². The number of halogens is 2. The molecule has 172 valence electrons. The van der Waals surface area contributed by atoms with Crippen LogP contribution in [0.25, 0.3) is 11.3 Å². The fourth-order valence-corrected chi connectivity index (χ4v) is 5.79. The van der Waals surface area contributed by atoms with Crippen molar-refractivity contribution in [3.05, 3.63) is 24.0 Å². The number of hydrogen-bond acceptors (Lipinski definition) is 6. The van der Waals surface area contributed by atoms with Gasteiger partial charge in [-0.2, -0.15) is 13.9 Å². The van der Waals surface area contributed by atoms with Crippen LogP contribution in [0.2, 0.25) is 0 Å². The van der Waals surface area contributed by atoms with Gasteiger partial charge in [0.1, 0.15) is 0 Å². The summed E-state index contributed by atoms with van der Waals surface area (Å²) in [5, 5.41) is 5.00. The van der Waals surface area contributed by atoms with Crippen molar-refractivity contribution < 1.29 is 18.3 Å². The zero-order chi connectivity index (χ0) is 21.8. The minimum atomic E-state index is -2.94. The standard InChI is InChI=1S/C23H29F2N5O2/c24-23(25)32-20-7-14(11-27-22(20)26)19-10-18(28-30(19)12-13-1-2-13)21-16-8-15(9-17(16)21)29-3-5-31-6-4-29/h7,10-11,13,15-17,21,23H,1-6,8-9,12H2,(H2,26,27)/t15-,16-,17+,21+. The lowest BCUT2D eigenvalue weighted by Gasteiger charge is -2.33. The topological polar surface area (TPSA) is 78.4 Å². The summed E-state index contributed by atoms with van der Waals surface area (Å²) >= 11 is 0. The number of anilines is 1. The normalized spacial score (nSPS) is 30.0. The Labute approximate surface area is 185 Å². The highest BCUT2D eigenvalue weighted by Gasteiger charge is 2.58. The maximum Gasteiger partial charge on any atom is 0.387 e. The minimum Gasteiger partial charge on any atom is -0.431 e. The molecule has 2 aromatic heterocycles. The number of nitrogens with two attached hydrogens (primary N) is 1. The van der Waals surface area contributed by atoms with Gasteiger partial charge in [-0.25, -0.2) is 4.98 Å². The van der Waals surface area contributed by atoms with Crippen LogP contribution in [0, 0.1) is 17.8 Å². The summed E-state index contributed by atoms with van der Waals surface area (Å²) in [4.78, 5) is 6.69. The highest BCUT2D eigenvalue weighted by Crippen LogP contribution is 2.63. The molecule has 1 saturated heterocycles. The first-order valence-electron chi connectivity index (χ1n) is 11.7. The number of nitrogen functional groups attached to an aromatic ring is 1. The molecule has 3 heterocycles. The molecule has 7 nitrogen and oxygen atoms in total. The summed E-state index contributed by atoms with van der Waals surface area (Å²) in [6, 6.07) is 4.36. The molecule has 0 unspecified atom stereocenters. The quantitative estimate of drug-likeness (QED) is 0.704. The van der Waals surface area contributed by atoms with Gasteiger partial charge in [-0.3, -0.25) is 9.58 Å². The average molecular weight is 446 g/mol. The molecule has 0 bridgehead atoms. The van der Waals surface area contributed by atoms with Crippen LogP contribution in [-0.2, 0) is 11.3 Å². The van der Waals surface area contributed by atoms with Crippen molar-refractivity contribution in [2.45, 2.75) is 50.8 Å². The van der Waals surface area contributed by atoms with Crippen molar-refractivity contribution in [1.82, 2.24) is 19.7 Å². The Hall–Kier alpha value is -2.26. The molecule has 4 atom stereocenters. The second kappa shape index (κ2) is 7.95. The summed E-state index contributed by atoms with van der Waals surface area (Å²) in [6.45, 7) is 1.69. The van der Waals surface area contributed by atoms with E-state index in [4.69, 9.17) is 15.6 Å². The van der Waals surface area contributed by atoms with Crippen LogP contribution in [0.4, 0.5) is 14.6 Å². The highest BCUT2D eigenvalue weighted by molar-refractivity contribution is 5.65. The number of pyridine rings is 1. The van der Waals surface area contributed by atoms with Gasteiger partial charge in [-0.05, 0) is 55.6 Å². The average Bonchev–Trinajstić information content (AvgIpc) is 3.63. The smallest absolute Gasteiger partial charge is 0.387 e. The van der Waals surface area contributed by atoms with Crippen LogP contribution >= 0.6 is 0 Å². The molecule has 4 fully saturated rings. The van der Waals surface area contributed by atoms with Gasteiger partial charge in [0.05, 0.1) is 24.6 Å². The predicted octanol–water partition coefficient (Wildman–Crippen LogP) is 3.36. The number of rotatable bonds is 7. The van der Waals surface area contributed by atoms with Gasteiger partial charge in [-0.15, -0.1) is 0 Å². The Morgan fingerprint density at radius 1 is 1.16 bits per heavy atom. The molecule has 32 heavy (non-hydrogen) atoms. The van der Waals surface area contributed by atoms with E-state index in [1.165, 1.54) is 25.7 Å². The fraction of sp³-hybridized carbons (Fsp3) is 0.652. The lowest BCUT2D eigenvalue weighted by molar-refractivity contribution is -0.0494. The molecule has 0 spiro atoms. The van der Waals surface area contributed by atoms with E-state index in [9.17, 15) is 8.78 Å². The third-order valence-corrected chi connectivity index (χ3v) is 7.64. The van der Waals surface area contributed by atoms with E-state index in [1.54, 1.807) is 12.3 Å². The Morgan fingerprint density at radius 2 is 1.91 bits per heavy atom. The highest BCUT2D eigenvalue weighted by atomic mass is 19.3. The minimum absolute atomic E-state index is 0.0339. The third-order valence-electron chi connectivity index (χ3n) is 7.64. The molecule has 2 aromatic rings. The van der Waals surface area contributed by atoms with E-state index in [1.807, 2.05) is 4.68 Å². The summed E-state index contributed by atoms with van der Waals surface area (Å²) < 4.78 is 37.7. The first-order chi connectivity index (χ1) is 15.6. The molecule has 4 aliphatic rings. The molecule has 3 aliphatic carbocycles. The van der Waals surface area contributed by atoms with Gasteiger partial charge < -0.3 is 15.2 Å². The Kier molecular flexibility index (Phi) is 5.06. The zero-order valence-electron chi connectivity index (χ0n) is 18.0. The first-order valence-corrected chi connectivity index (χ1v) is 11.7. The van der Waals surface area contributed by atoms with Crippen LogP contribution in [0.3, 0.4) is 0 Å². The van der Waals surface area contributed by atoms with Crippen LogP contribution < -0.4 is 10.5 Å². The maximum atomic E-state index is 12.8. The van der Waals surface area contributed by atoms with Gasteiger partial charge in [0, 0.05) is 43.4 Å². The van der Waals surface area contributed by atoms with E-state index in [0.717, 1.165) is 44.2 Å². The maximum absolute atomic E-state index is 12.8. The number of nitrogens with zero attached hydrogens (tertiary/aromatic N) is 4. The first kappa shape index (κ1) is 20.4. The number of alkyl halides is 2. The summed E-state index contributed by atoms with van der Waals surface area (Å²) in [5.41, 5.74) is 8.49. The lowest BCUT2D eigenvalue weighted by Crippen LogP contribution is -2.43. The molecule has 0 amide bonds. The van der Waals surface area contributed by atoms with Gasteiger partial charge in [0.25, 0.3) is 0 Å². The number of morpholine rings is 1. The van der Waals surface area contributed by atoms with Crippen molar-refractivity contribution in [1.29, 1.82) is 0 Å². The Morgan fingerprint density at radius 3 is 2.59 bits per heavy atom. The van der Waals surface area contributed by atoms with Crippen molar-refractivity contribution in [2.75, 3.05) is 32.0 Å². The molecule has 9 heteroatoms. The SMILES string of the molecule is Nc1ncc(-c2cc([C@H]3[C@@H]4C[C@@H](N5CCOCC5)C[C@@H]43)nn2CC2CC2)cc1OC(F)F. The van der Waals surface area contributed by atoms with Gasteiger partial charge in [0.15, 0.2) is 11.6 Å². The largest absolute Gasteiger partial charge is 0.431 e. The number of aromatic nitrogens is 3. The van der Waals surface area contributed by atoms with Gasteiger partial charge in [0.2, 0.25) is 0 Å². The monoisotopic (exact) mass is 445 g/mol. The second-order valence-corrected chi connectivity index (χ2v) is 9.69. The third kappa shape index (κ3) is 3.85. The van der Waals surface area contributed by atoms with Gasteiger partial charge in [-0.1, -0.05) is 0 Å². The zero-order valence-corrected chi connectivity index (χ0v) is 18.0. The van der Waals surface area contributed by atoms with Gasteiger partial charge >= 0.3 is 6.61 Å². The fourth-order valence-electron chi connectivity index (χ4n) is 5.79. The number of hydrogen-bond donors (Lipinski definition) is 1. The van der Waals surface area contributed by atoms with E-state index in [2.05, 4.69) is 20.7 Å². The van der Waals surface area contributed by atoms with E-state index < -0.39 is 6.61 Å². The molecule has 2 N–H and O–H groups in total. The second-order valence-electron chi connectivity index (χ2n) is 9.69. The summed E-state index contributed by atoms with van der Waals surface area (Å²) in [5.74, 6) is 2.42. The van der Waals surface area contributed by atoms with E-state index >= 15 is 0 Å². The molecular weight excluding hydrogens is 416 g/mol. The van der Waals surface area contributed by atoms with Crippen LogP contribution in [0.1, 0.15) is 37.3 Å². The molecule has 0 radical (unpaired) electrons. The molecule has 0 aromatic carbocycles. The van der Waals surface area contributed by atoms with Crippen molar-refractivity contribution in [3.8, 4) is 17.0 Å². The van der Waals surface area contributed by atoms with Crippen molar-refractivity contribution in [2.24, 2.45) is 17.8 Å².